The molecule has 1 aliphatic heterocycles. The molecule has 0 atom stereocenters. The third-order valence-electron chi connectivity index (χ3n) is 3.16. The zero-order valence-corrected chi connectivity index (χ0v) is 12.6. The fraction of sp³-hybridized carbons (Fsp3) is 0.500. The average Bonchev–Trinajstić information content (AvgIpc) is 2.42. The summed E-state index contributed by atoms with van der Waals surface area (Å²) in [6, 6.07) is 3.85. The lowest BCUT2D eigenvalue weighted by Crippen LogP contribution is -2.58. The van der Waals surface area contributed by atoms with Gasteiger partial charge in [-0.3, -0.25) is 4.90 Å². The highest BCUT2D eigenvalue weighted by molar-refractivity contribution is 6.29. The summed E-state index contributed by atoms with van der Waals surface area (Å²) in [6.07, 6.45) is 1.65. The third-order valence-corrected chi connectivity index (χ3v) is 3.38. The summed E-state index contributed by atoms with van der Waals surface area (Å²) in [7, 11) is 0. The maximum atomic E-state index is 10.6. The van der Waals surface area contributed by atoms with Crippen LogP contribution in [0.3, 0.4) is 0 Å². The smallest absolute Gasteiger partial charge is 0.273 e. The summed E-state index contributed by atoms with van der Waals surface area (Å²) in [4.78, 5) is 18.6. The predicted octanol–water partition coefficient (Wildman–Crippen LogP) is 1.31. The standard InChI is InChI=1S/C12H17ClN6O2/c1-9(2)18-7-15-12(16-19(20)21)17(8-18)6-10-3-4-11(13)14-5-10/h3-5,9H,6-8H2,1-2H3,(H,15,16). The molecule has 1 aromatic rings. The van der Waals surface area contributed by atoms with Crippen molar-refractivity contribution in [1.82, 2.24) is 20.1 Å². The van der Waals surface area contributed by atoms with Crippen LogP contribution in [0.5, 0.6) is 0 Å². The van der Waals surface area contributed by atoms with E-state index in [0.29, 0.717) is 31.1 Å². The topological polar surface area (TPSA) is 86.9 Å². The van der Waals surface area contributed by atoms with Crippen LogP contribution in [-0.2, 0) is 6.54 Å². The number of hydrazone groups is 1. The van der Waals surface area contributed by atoms with Crippen LogP contribution in [0, 0.1) is 10.1 Å². The highest BCUT2D eigenvalue weighted by Gasteiger charge is 2.25. The molecule has 1 saturated heterocycles. The van der Waals surface area contributed by atoms with Crippen LogP contribution in [-0.4, -0.2) is 45.2 Å². The first-order valence-electron chi connectivity index (χ1n) is 6.52. The van der Waals surface area contributed by atoms with Crippen LogP contribution in [0.1, 0.15) is 19.4 Å². The quantitative estimate of drug-likeness (QED) is 0.512. The highest BCUT2D eigenvalue weighted by Crippen LogP contribution is 2.12. The van der Waals surface area contributed by atoms with E-state index in [1.54, 1.807) is 17.2 Å². The molecule has 1 aromatic heterocycles. The molecule has 0 unspecified atom stereocenters. The van der Waals surface area contributed by atoms with Gasteiger partial charge in [0.05, 0.1) is 13.3 Å². The van der Waals surface area contributed by atoms with Gasteiger partial charge in [0.1, 0.15) is 10.3 Å². The normalized spacial score (nSPS) is 18.1. The highest BCUT2D eigenvalue weighted by atomic mass is 35.5. The average molecular weight is 313 g/mol. The molecule has 114 valence electrons. The van der Waals surface area contributed by atoms with Gasteiger partial charge < -0.3 is 10.2 Å². The van der Waals surface area contributed by atoms with Crippen LogP contribution >= 0.6 is 11.6 Å². The molecule has 0 aromatic carbocycles. The summed E-state index contributed by atoms with van der Waals surface area (Å²) in [6.45, 7) is 5.69. The number of pyridine rings is 1. The number of nitro groups is 1. The molecule has 8 nitrogen and oxygen atoms in total. The Kier molecular flexibility index (Phi) is 4.92. The third kappa shape index (κ3) is 4.27. The lowest BCUT2D eigenvalue weighted by molar-refractivity contribution is -0.486. The monoisotopic (exact) mass is 312 g/mol. The number of nitrogens with zero attached hydrogens (tertiary/aromatic N) is 5. The van der Waals surface area contributed by atoms with E-state index in [2.05, 4.69) is 34.1 Å². The minimum atomic E-state index is -0.694. The number of guanidine groups is 1. The van der Waals surface area contributed by atoms with E-state index in [1.165, 1.54) is 0 Å². The summed E-state index contributed by atoms with van der Waals surface area (Å²) in [5, 5.41) is 16.7. The van der Waals surface area contributed by atoms with Crippen molar-refractivity contribution in [2.75, 3.05) is 13.3 Å². The SMILES string of the molecule is CC(C)N1CN/C(=N/[N+](=O)[O-])N(Cc2ccc(Cl)nc2)C1. The Morgan fingerprint density at radius 2 is 2.33 bits per heavy atom. The van der Waals surface area contributed by atoms with E-state index in [9.17, 15) is 10.1 Å². The summed E-state index contributed by atoms with van der Waals surface area (Å²) < 4.78 is 0. The van der Waals surface area contributed by atoms with E-state index in [0.717, 1.165) is 5.56 Å². The number of hydrogen-bond donors (Lipinski definition) is 1. The summed E-state index contributed by atoms with van der Waals surface area (Å²) in [5.74, 6) is 0.256. The van der Waals surface area contributed by atoms with Gasteiger partial charge in [0.2, 0.25) is 0 Å². The predicted molar refractivity (Wildman–Crippen MR) is 79.1 cm³/mol. The Balaban J connectivity index is 2.16. The van der Waals surface area contributed by atoms with E-state index < -0.39 is 5.03 Å². The molecule has 0 spiro atoms. The van der Waals surface area contributed by atoms with Crippen molar-refractivity contribution in [3.63, 3.8) is 0 Å². The Bertz CT molecular complexity index is 533. The minimum Gasteiger partial charge on any atom is -0.338 e. The van der Waals surface area contributed by atoms with Crippen LogP contribution in [0.4, 0.5) is 0 Å². The zero-order chi connectivity index (χ0) is 15.4. The number of nitrogens with one attached hydrogen (secondary N) is 1. The maximum absolute atomic E-state index is 10.6. The van der Waals surface area contributed by atoms with Crippen molar-refractivity contribution in [3.8, 4) is 0 Å². The van der Waals surface area contributed by atoms with Crippen LogP contribution in [0.15, 0.2) is 23.4 Å². The molecule has 2 rings (SSSR count). The zero-order valence-electron chi connectivity index (χ0n) is 11.9. The molecule has 0 radical (unpaired) electrons. The molecule has 1 N–H and O–H groups in total. The van der Waals surface area contributed by atoms with Gasteiger partial charge in [0.15, 0.2) is 5.03 Å². The second-order valence-electron chi connectivity index (χ2n) is 5.01. The fourth-order valence-electron chi connectivity index (χ4n) is 1.99. The Hall–Kier alpha value is -1.93. The van der Waals surface area contributed by atoms with Gasteiger partial charge >= 0.3 is 0 Å². The first kappa shape index (κ1) is 15.5. The lowest BCUT2D eigenvalue weighted by atomic mass is 10.2. The van der Waals surface area contributed by atoms with Crippen molar-refractivity contribution >= 4 is 17.6 Å². The van der Waals surface area contributed by atoms with Crippen molar-refractivity contribution < 1.29 is 5.03 Å². The second-order valence-corrected chi connectivity index (χ2v) is 5.39. The molecule has 2 heterocycles. The van der Waals surface area contributed by atoms with E-state index in [4.69, 9.17) is 11.6 Å². The van der Waals surface area contributed by atoms with Gasteiger partial charge in [0, 0.05) is 18.8 Å². The number of hydrogen-bond acceptors (Lipinski definition) is 4. The molecule has 0 aliphatic carbocycles. The molecule has 9 heteroatoms. The molecule has 1 aliphatic rings. The van der Waals surface area contributed by atoms with E-state index in [-0.39, 0.29) is 5.96 Å². The molecular formula is C12H17ClN6O2. The molecule has 1 fully saturated rings. The van der Waals surface area contributed by atoms with Gasteiger partial charge in [-0.05, 0) is 25.5 Å². The Morgan fingerprint density at radius 1 is 1.57 bits per heavy atom. The van der Waals surface area contributed by atoms with Gasteiger partial charge in [-0.1, -0.05) is 17.7 Å². The Labute approximate surface area is 127 Å². The summed E-state index contributed by atoms with van der Waals surface area (Å²) in [5.41, 5.74) is 0.905. The lowest BCUT2D eigenvalue weighted by Gasteiger charge is -2.39. The molecular weight excluding hydrogens is 296 g/mol. The molecule has 0 amide bonds. The van der Waals surface area contributed by atoms with Crippen LogP contribution in [0.2, 0.25) is 5.15 Å². The van der Waals surface area contributed by atoms with Crippen LogP contribution in [0.25, 0.3) is 0 Å². The maximum Gasteiger partial charge on any atom is 0.273 e. The van der Waals surface area contributed by atoms with Gasteiger partial charge in [-0.25, -0.2) is 15.1 Å². The second kappa shape index (κ2) is 6.68. The number of rotatable bonds is 4. The number of aromatic nitrogens is 1. The largest absolute Gasteiger partial charge is 0.338 e. The number of halogens is 1. The first-order valence-corrected chi connectivity index (χ1v) is 6.90. The molecule has 0 bridgehead atoms. The van der Waals surface area contributed by atoms with Crippen molar-refractivity contribution in [2.24, 2.45) is 5.10 Å². The summed E-state index contributed by atoms with van der Waals surface area (Å²) >= 11 is 5.76. The first-order chi connectivity index (χ1) is 9.95. The van der Waals surface area contributed by atoms with Crippen molar-refractivity contribution in [2.45, 2.75) is 26.4 Å². The van der Waals surface area contributed by atoms with Crippen LogP contribution < -0.4 is 5.32 Å². The van der Waals surface area contributed by atoms with E-state index in [1.807, 2.05) is 6.07 Å². The molecule has 21 heavy (non-hydrogen) atoms. The van der Waals surface area contributed by atoms with E-state index >= 15 is 0 Å². The van der Waals surface area contributed by atoms with Crippen molar-refractivity contribution in [1.29, 1.82) is 0 Å². The molecule has 0 saturated carbocycles. The van der Waals surface area contributed by atoms with Gasteiger partial charge in [0.25, 0.3) is 5.96 Å². The minimum absolute atomic E-state index is 0.256. The Morgan fingerprint density at radius 3 is 2.90 bits per heavy atom. The van der Waals surface area contributed by atoms with Crippen molar-refractivity contribution in [3.05, 3.63) is 39.2 Å². The van der Waals surface area contributed by atoms with Gasteiger partial charge in [-0.2, -0.15) is 0 Å². The van der Waals surface area contributed by atoms with Gasteiger partial charge in [-0.15, -0.1) is 0 Å². The fourth-order valence-corrected chi connectivity index (χ4v) is 2.10.